The van der Waals surface area contributed by atoms with Gasteiger partial charge in [-0.15, -0.1) is 0 Å². The van der Waals surface area contributed by atoms with Gasteiger partial charge >= 0.3 is 63.3 Å². The van der Waals surface area contributed by atoms with Gasteiger partial charge in [0.1, 0.15) is 0 Å². The number of carbonyl (C=O) groups is 2. The van der Waals surface area contributed by atoms with E-state index in [2.05, 4.69) is 11.7 Å². The number of aliphatic carboxylic acids is 2. The van der Waals surface area contributed by atoms with Crippen LogP contribution in [-0.2, 0) is 14.3 Å². The zero-order chi connectivity index (χ0) is 9.02. The third kappa shape index (κ3) is 4.53. The summed E-state index contributed by atoms with van der Waals surface area (Å²) in [5.74, 6) is -2.44. The molecule has 1 heterocycles. The van der Waals surface area contributed by atoms with Crippen molar-refractivity contribution in [2.45, 2.75) is 19.1 Å². The minimum atomic E-state index is -1.22. The Morgan fingerprint density at radius 1 is 1.17 bits per heavy atom. The molecule has 0 bridgehead atoms. The summed E-state index contributed by atoms with van der Waals surface area (Å²) in [5.41, 5.74) is 0. The Morgan fingerprint density at radius 3 is 1.50 bits per heavy atom. The van der Waals surface area contributed by atoms with Crippen molar-refractivity contribution in [3.05, 3.63) is 6.92 Å². The molecule has 1 fully saturated rings. The normalized spacial score (nSPS) is 24.2. The van der Waals surface area contributed by atoms with E-state index in [1.165, 1.54) is 0 Å². The zero-order valence-corrected chi connectivity index (χ0v) is 10.1. The predicted molar refractivity (Wildman–Crippen MR) is 35.0 cm³/mol. The quantitative estimate of drug-likeness (QED) is 0.278. The molecule has 2 N–H and O–H groups in total. The number of epoxide rings is 1. The van der Waals surface area contributed by atoms with Gasteiger partial charge in [-0.2, -0.15) is 6.92 Å². The standard InChI is InChI=1S/C4H4O5.C2H5.K/c5-3(6)1-2(9-1)4(7)8;1-2;/h1-2H,(H,5,6)(H,7,8);1H2,2H3;/q;-1;+1. The second-order valence-electron chi connectivity index (χ2n) is 1.65. The van der Waals surface area contributed by atoms with Crippen LogP contribution >= 0.6 is 0 Å². The van der Waals surface area contributed by atoms with E-state index in [9.17, 15) is 9.59 Å². The first kappa shape index (κ1) is 15.0. The summed E-state index contributed by atoms with van der Waals surface area (Å²) in [6.45, 7) is 5.00. The van der Waals surface area contributed by atoms with Gasteiger partial charge in [0.15, 0.2) is 12.2 Å². The van der Waals surface area contributed by atoms with Crippen LogP contribution < -0.4 is 51.4 Å². The van der Waals surface area contributed by atoms with E-state index in [-0.39, 0.29) is 51.4 Å². The molecule has 1 aliphatic heterocycles. The van der Waals surface area contributed by atoms with Crippen molar-refractivity contribution in [1.82, 2.24) is 0 Å². The first-order chi connectivity index (χ1) is 5.13. The zero-order valence-electron chi connectivity index (χ0n) is 6.98. The summed E-state index contributed by atoms with van der Waals surface area (Å²) < 4.78 is 4.24. The van der Waals surface area contributed by atoms with Crippen molar-refractivity contribution >= 4 is 11.9 Å². The maximum absolute atomic E-state index is 9.89. The SMILES string of the molecule is O=C(O)C1OC1C(=O)O.[CH2-]C.[K+]. The van der Waals surface area contributed by atoms with Gasteiger partial charge in [-0.3, -0.25) is 0 Å². The largest absolute Gasteiger partial charge is 1.00 e. The summed E-state index contributed by atoms with van der Waals surface area (Å²) in [5, 5.41) is 16.2. The Balaban J connectivity index is 0. The molecule has 12 heavy (non-hydrogen) atoms. The molecular weight excluding hydrogens is 191 g/mol. The van der Waals surface area contributed by atoms with Gasteiger partial charge in [0.2, 0.25) is 0 Å². The van der Waals surface area contributed by atoms with E-state index < -0.39 is 24.1 Å². The Hall–Kier alpha value is 0.536. The number of rotatable bonds is 2. The fourth-order valence-corrected chi connectivity index (χ4v) is 0.488. The molecule has 0 saturated carbocycles. The molecule has 0 aromatic carbocycles. The van der Waals surface area contributed by atoms with Gasteiger partial charge in [-0.05, 0) is 0 Å². The van der Waals surface area contributed by atoms with E-state index in [1.807, 2.05) is 0 Å². The second-order valence-corrected chi connectivity index (χ2v) is 1.65. The van der Waals surface area contributed by atoms with E-state index >= 15 is 0 Å². The van der Waals surface area contributed by atoms with Crippen LogP contribution in [0.2, 0.25) is 0 Å². The van der Waals surface area contributed by atoms with Crippen LogP contribution in [0.25, 0.3) is 0 Å². The molecule has 0 spiro atoms. The van der Waals surface area contributed by atoms with Crippen LogP contribution in [0.3, 0.4) is 0 Å². The molecule has 0 aromatic rings. The topological polar surface area (TPSA) is 87.1 Å². The molecule has 0 radical (unpaired) electrons. The van der Waals surface area contributed by atoms with Crippen LogP contribution in [-0.4, -0.2) is 34.4 Å². The number of ether oxygens (including phenoxy) is 1. The van der Waals surface area contributed by atoms with E-state index in [0.29, 0.717) is 0 Å². The molecule has 5 nitrogen and oxygen atoms in total. The van der Waals surface area contributed by atoms with Crippen molar-refractivity contribution in [3.63, 3.8) is 0 Å². The van der Waals surface area contributed by atoms with E-state index in [4.69, 9.17) is 10.2 Å². The number of carboxylic acids is 2. The molecule has 6 heteroatoms. The van der Waals surface area contributed by atoms with Crippen molar-refractivity contribution in [1.29, 1.82) is 0 Å². The Morgan fingerprint density at radius 2 is 1.42 bits per heavy atom. The average Bonchev–Trinajstić information content (AvgIpc) is 2.69. The maximum atomic E-state index is 9.89. The summed E-state index contributed by atoms with van der Waals surface area (Å²) >= 11 is 0. The minimum Gasteiger partial charge on any atom is -0.479 e. The van der Waals surface area contributed by atoms with Crippen molar-refractivity contribution in [2.75, 3.05) is 0 Å². The van der Waals surface area contributed by atoms with Crippen LogP contribution in [0.5, 0.6) is 0 Å². The third-order valence-electron chi connectivity index (χ3n) is 0.978. The molecular formula is C6H9KO5. The first-order valence-electron chi connectivity index (χ1n) is 2.94. The molecule has 0 aliphatic carbocycles. The van der Waals surface area contributed by atoms with Gasteiger partial charge in [-0.25, -0.2) is 9.59 Å². The van der Waals surface area contributed by atoms with E-state index in [0.717, 1.165) is 0 Å². The van der Waals surface area contributed by atoms with Gasteiger partial charge in [0.05, 0.1) is 0 Å². The average molecular weight is 200 g/mol. The summed E-state index contributed by atoms with van der Waals surface area (Å²) in [6, 6.07) is 0. The van der Waals surface area contributed by atoms with Gasteiger partial charge in [0, 0.05) is 0 Å². The maximum Gasteiger partial charge on any atom is 1.00 e. The molecule has 0 aromatic heterocycles. The molecule has 64 valence electrons. The smallest absolute Gasteiger partial charge is 0.479 e. The summed E-state index contributed by atoms with van der Waals surface area (Å²) in [4.78, 5) is 19.8. The monoisotopic (exact) mass is 200 g/mol. The number of hydrogen-bond acceptors (Lipinski definition) is 3. The van der Waals surface area contributed by atoms with Crippen molar-refractivity contribution < 1.29 is 75.9 Å². The van der Waals surface area contributed by atoms with Gasteiger partial charge in [0.25, 0.3) is 0 Å². The molecule has 1 rings (SSSR count). The Kier molecular flexibility index (Phi) is 8.75. The van der Waals surface area contributed by atoms with Gasteiger partial charge < -0.3 is 21.9 Å². The Bertz CT molecular complexity index is 151. The Labute approximate surface area is 113 Å². The first-order valence-corrected chi connectivity index (χ1v) is 2.94. The van der Waals surface area contributed by atoms with Crippen molar-refractivity contribution in [3.8, 4) is 0 Å². The predicted octanol–water partition coefficient (Wildman–Crippen LogP) is -3.23. The molecule has 0 amide bonds. The second kappa shape index (κ2) is 6.99. The summed E-state index contributed by atoms with van der Waals surface area (Å²) in [7, 11) is 0. The number of carboxylic acid groups (broad SMARTS) is 2. The van der Waals surface area contributed by atoms with Crippen LogP contribution in [0.15, 0.2) is 0 Å². The fourth-order valence-electron chi connectivity index (χ4n) is 0.488. The van der Waals surface area contributed by atoms with E-state index in [1.54, 1.807) is 6.92 Å². The molecule has 1 saturated heterocycles. The molecule has 1 aliphatic rings. The van der Waals surface area contributed by atoms with Crippen LogP contribution in [0.1, 0.15) is 6.92 Å². The molecule has 2 atom stereocenters. The molecule has 2 unspecified atom stereocenters. The van der Waals surface area contributed by atoms with Crippen molar-refractivity contribution in [2.24, 2.45) is 0 Å². The van der Waals surface area contributed by atoms with Crippen LogP contribution in [0, 0.1) is 6.92 Å². The van der Waals surface area contributed by atoms with Crippen LogP contribution in [0.4, 0.5) is 0 Å². The van der Waals surface area contributed by atoms with Gasteiger partial charge in [-0.1, -0.05) is 0 Å². The third-order valence-corrected chi connectivity index (χ3v) is 0.978. The number of hydrogen-bond donors (Lipinski definition) is 2. The minimum absolute atomic E-state index is 0. The fraction of sp³-hybridized carbons (Fsp3) is 0.500. The summed E-state index contributed by atoms with van der Waals surface area (Å²) in [6.07, 6.45) is -2.25.